The van der Waals surface area contributed by atoms with Gasteiger partial charge in [0, 0.05) is 30.2 Å². The highest BCUT2D eigenvalue weighted by Gasteiger charge is 2.29. The third-order valence-corrected chi connectivity index (χ3v) is 4.36. The Morgan fingerprint density at radius 1 is 1.24 bits per heavy atom. The van der Waals surface area contributed by atoms with Crippen LogP contribution >= 0.6 is 15.9 Å². The lowest BCUT2D eigenvalue weighted by Gasteiger charge is -2.17. The van der Waals surface area contributed by atoms with Crippen LogP contribution in [0, 0.1) is 5.92 Å². The van der Waals surface area contributed by atoms with Crippen molar-refractivity contribution in [2.45, 2.75) is 6.42 Å². The first-order chi connectivity index (χ1) is 10.3. The molecule has 0 N–H and O–H groups in total. The van der Waals surface area contributed by atoms with Crippen molar-refractivity contribution < 1.29 is 9.53 Å². The van der Waals surface area contributed by atoms with Crippen molar-refractivity contribution >= 4 is 27.5 Å². The Labute approximate surface area is 131 Å². The molecule has 1 saturated heterocycles. The summed E-state index contributed by atoms with van der Waals surface area (Å²) >= 11 is 3.45. The van der Waals surface area contributed by atoms with E-state index in [0.717, 1.165) is 23.3 Å². The smallest absolute Gasteiger partial charge is 0.227 e. The van der Waals surface area contributed by atoms with Crippen molar-refractivity contribution in [3.05, 3.63) is 48.8 Å². The Morgan fingerprint density at radius 3 is 2.67 bits per heavy atom. The Morgan fingerprint density at radius 2 is 2.05 bits per heavy atom. The minimum Gasteiger partial charge on any atom is -0.456 e. The highest BCUT2D eigenvalue weighted by molar-refractivity contribution is 9.09. The average Bonchev–Trinajstić information content (AvgIpc) is 2.90. The number of anilines is 1. The molecule has 1 aromatic heterocycles. The van der Waals surface area contributed by atoms with Gasteiger partial charge < -0.3 is 9.64 Å². The van der Waals surface area contributed by atoms with Crippen LogP contribution in [-0.2, 0) is 4.79 Å². The van der Waals surface area contributed by atoms with Gasteiger partial charge in [0.15, 0.2) is 0 Å². The van der Waals surface area contributed by atoms with E-state index in [9.17, 15) is 4.79 Å². The molecule has 1 aliphatic rings. The number of benzene rings is 1. The van der Waals surface area contributed by atoms with E-state index in [-0.39, 0.29) is 5.91 Å². The molecule has 1 atom stereocenters. The number of ether oxygens (including phenoxy) is 1. The second-order valence-corrected chi connectivity index (χ2v) is 5.66. The molecule has 0 radical (unpaired) electrons. The standard InChI is InChI=1S/C16H15BrN2O2/c17-9-12-8-16(20)19(11-12)13-3-5-14(6-4-13)21-15-2-1-7-18-10-15/h1-7,10,12H,8-9,11H2. The van der Waals surface area contributed by atoms with E-state index in [4.69, 9.17) is 4.74 Å². The van der Waals surface area contributed by atoms with Gasteiger partial charge in [0.1, 0.15) is 11.5 Å². The van der Waals surface area contributed by atoms with Gasteiger partial charge in [-0.1, -0.05) is 15.9 Å². The number of halogens is 1. The molecule has 2 aromatic rings. The topological polar surface area (TPSA) is 42.4 Å². The van der Waals surface area contributed by atoms with Crippen LogP contribution in [0.5, 0.6) is 11.5 Å². The number of amides is 1. The van der Waals surface area contributed by atoms with Gasteiger partial charge in [-0.3, -0.25) is 9.78 Å². The largest absolute Gasteiger partial charge is 0.456 e. The maximum absolute atomic E-state index is 12.0. The Bertz CT molecular complexity index is 616. The van der Waals surface area contributed by atoms with Gasteiger partial charge in [-0.05, 0) is 42.3 Å². The fourth-order valence-electron chi connectivity index (χ4n) is 2.37. The van der Waals surface area contributed by atoms with Crippen LogP contribution in [0.1, 0.15) is 6.42 Å². The number of hydrogen-bond donors (Lipinski definition) is 0. The highest BCUT2D eigenvalue weighted by Crippen LogP contribution is 2.28. The molecule has 4 nitrogen and oxygen atoms in total. The molecular formula is C16H15BrN2O2. The summed E-state index contributed by atoms with van der Waals surface area (Å²) in [5, 5.41) is 0.859. The lowest BCUT2D eigenvalue weighted by Crippen LogP contribution is -2.24. The number of hydrogen-bond acceptors (Lipinski definition) is 3. The number of rotatable bonds is 4. The molecule has 1 amide bonds. The molecule has 21 heavy (non-hydrogen) atoms. The number of nitrogens with zero attached hydrogens (tertiary/aromatic N) is 2. The third-order valence-electron chi connectivity index (χ3n) is 3.44. The maximum atomic E-state index is 12.0. The highest BCUT2D eigenvalue weighted by atomic mass is 79.9. The van der Waals surface area contributed by atoms with Crippen LogP contribution in [0.25, 0.3) is 0 Å². The Hall–Kier alpha value is -1.88. The van der Waals surface area contributed by atoms with Crippen molar-refractivity contribution in [2.75, 3.05) is 16.8 Å². The molecule has 0 spiro atoms. The normalized spacial score (nSPS) is 18.0. The summed E-state index contributed by atoms with van der Waals surface area (Å²) in [5.41, 5.74) is 0.919. The molecule has 0 saturated carbocycles. The van der Waals surface area contributed by atoms with Crippen molar-refractivity contribution in [1.82, 2.24) is 4.98 Å². The number of pyridine rings is 1. The zero-order chi connectivity index (χ0) is 14.7. The summed E-state index contributed by atoms with van der Waals surface area (Å²) in [6.45, 7) is 0.771. The third kappa shape index (κ3) is 3.24. The van der Waals surface area contributed by atoms with Crippen LogP contribution in [0.15, 0.2) is 48.8 Å². The number of alkyl halides is 1. The van der Waals surface area contributed by atoms with Gasteiger partial charge in [-0.2, -0.15) is 0 Å². The second-order valence-electron chi connectivity index (χ2n) is 5.01. The van der Waals surface area contributed by atoms with Crippen molar-refractivity contribution in [2.24, 2.45) is 5.92 Å². The summed E-state index contributed by atoms with van der Waals surface area (Å²) in [5.74, 6) is 2.00. The SMILES string of the molecule is O=C1CC(CBr)CN1c1ccc(Oc2cccnc2)cc1. The van der Waals surface area contributed by atoms with E-state index in [1.165, 1.54) is 0 Å². The minimum absolute atomic E-state index is 0.181. The molecule has 5 heteroatoms. The average molecular weight is 347 g/mol. The Balaban J connectivity index is 1.71. The van der Waals surface area contributed by atoms with Gasteiger partial charge in [0.25, 0.3) is 0 Å². The van der Waals surface area contributed by atoms with E-state index in [2.05, 4.69) is 20.9 Å². The monoisotopic (exact) mass is 346 g/mol. The van der Waals surface area contributed by atoms with Crippen LogP contribution in [0.4, 0.5) is 5.69 Å². The summed E-state index contributed by atoms with van der Waals surface area (Å²) in [7, 11) is 0. The molecule has 1 unspecified atom stereocenters. The van der Waals surface area contributed by atoms with Gasteiger partial charge in [-0.15, -0.1) is 0 Å². The van der Waals surface area contributed by atoms with Crippen molar-refractivity contribution in [3.8, 4) is 11.5 Å². The van der Waals surface area contributed by atoms with E-state index in [1.807, 2.05) is 41.3 Å². The van der Waals surface area contributed by atoms with Crippen LogP contribution in [0.3, 0.4) is 0 Å². The fraction of sp³-hybridized carbons (Fsp3) is 0.250. The van der Waals surface area contributed by atoms with Gasteiger partial charge in [-0.25, -0.2) is 0 Å². The zero-order valence-corrected chi connectivity index (χ0v) is 13.0. The minimum atomic E-state index is 0.181. The quantitative estimate of drug-likeness (QED) is 0.794. The predicted octanol–water partition coefficient (Wildman–Crippen LogP) is 3.62. The molecule has 0 aliphatic carbocycles. The number of carbonyl (C=O) groups excluding carboxylic acids is 1. The molecule has 1 aromatic carbocycles. The van der Waals surface area contributed by atoms with Crippen LogP contribution in [-0.4, -0.2) is 22.8 Å². The molecule has 1 aliphatic heterocycles. The van der Waals surface area contributed by atoms with E-state index < -0.39 is 0 Å². The van der Waals surface area contributed by atoms with E-state index in [1.54, 1.807) is 12.4 Å². The summed E-state index contributed by atoms with van der Waals surface area (Å²) in [6, 6.07) is 11.3. The number of aromatic nitrogens is 1. The van der Waals surface area contributed by atoms with E-state index >= 15 is 0 Å². The molecule has 2 heterocycles. The molecule has 1 fully saturated rings. The maximum Gasteiger partial charge on any atom is 0.227 e. The summed E-state index contributed by atoms with van der Waals surface area (Å²) < 4.78 is 5.69. The lowest BCUT2D eigenvalue weighted by molar-refractivity contribution is -0.117. The fourth-order valence-corrected chi connectivity index (χ4v) is 2.81. The van der Waals surface area contributed by atoms with Gasteiger partial charge in [0.2, 0.25) is 5.91 Å². The first-order valence-corrected chi connectivity index (χ1v) is 7.92. The number of carbonyl (C=O) groups is 1. The van der Waals surface area contributed by atoms with E-state index in [0.29, 0.717) is 18.1 Å². The second kappa shape index (κ2) is 6.26. The van der Waals surface area contributed by atoms with Crippen molar-refractivity contribution in [1.29, 1.82) is 0 Å². The summed E-state index contributed by atoms with van der Waals surface area (Å²) in [4.78, 5) is 17.8. The predicted molar refractivity (Wildman–Crippen MR) is 85.0 cm³/mol. The van der Waals surface area contributed by atoms with Gasteiger partial charge in [0.05, 0.1) is 6.20 Å². The first kappa shape index (κ1) is 14.1. The molecule has 108 valence electrons. The molecular weight excluding hydrogens is 332 g/mol. The Kier molecular flexibility index (Phi) is 4.20. The van der Waals surface area contributed by atoms with Gasteiger partial charge >= 0.3 is 0 Å². The molecule has 3 rings (SSSR count). The van der Waals surface area contributed by atoms with Crippen LogP contribution in [0.2, 0.25) is 0 Å². The summed E-state index contributed by atoms with van der Waals surface area (Å²) in [6.07, 6.45) is 3.98. The molecule has 0 bridgehead atoms. The first-order valence-electron chi connectivity index (χ1n) is 6.80. The van der Waals surface area contributed by atoms with Crippen LogP contribution < -0.4 is 9.64 Å². The van der Waals surface area contributed by atoms with Crippen molar-refractivity contribution in [3.63, 3.8) is 0 Å². The zero-order valence-electron chi connectivity index (χ0n) is 11.4. The lowest BCUT2D eigenvalue weighted by atomic mass is 10.2.